The molecule has 0 aromatic heterocycles. The molecule has 2 unspecified atom stereocenters. The van der Waals surface area contributed by atoms with Crippen LogP contribution in [-0.2, 0) is 25.7 Å². The molecule has 1 aromatic carbocycles. The van der Waals surface area contributed by atoms with Gasteiger partial charge in [-0.1, -0.05) is 30.3 Å². The summed E-state index contributed by atoms with van der Waals surface area (Å²) in [5.41, 5.74) is 6.45. The second-order valence-corrected chi connectivity index (χ2v) is 4.76. The predicted molar refractivity (Wildman–Crippen MR) is 71.3 cm³/mol. The van der Waals surface area contributed by atoms with Gasteiger partial charge in [0.2, 0.25) is 12.2 Å². The van der Waals surface area contributed by atoms with E-state index in [4.69, 9.17) is 15.2 Å². The molecule has 1 aromatic rings. The van der Waals surface area contributed by atoms with Crippen LogP contribution in [-0.4, -0.2) is 30.3 Å². The summed E-state index contributed by atoms with van der Waals surface area (Å²) >= 11 is 0. The van der Waals surface area contributed by atoms with Crippen molar-refractivity contribution in [1.82, 2.24) is 5.32 Å². The standard InChI is InChI=1S/C14H18N2O4/c1-9(15)13(18)16-11-7-12(17)20-14(11)19-8-10-5-3-2-4-6-10/h2-6,9,11,14H,7-8,15H2,1H3,(H,16,18)/t9-,11?,14?/m0/s1. The third-order valence-electron chi connectivity index (χ3n) is 2.96. The van der Waals surface area contributed by atoms with Crippen LogP contribution in [0.3, 0.4) is 0 Å². The van der Waals surface area contributed by atoms with Crippen molar-refractivity contribution in [1.29, 1.82) is 0 Å². The summed E-state index contributed by atoms with van der Waals surface area (Å²) in [7, 11) is 0. The van der Waals surface area contributed by atoms with E-state index in [1.165, 1.54) is 0 Å². The third kappa shape index (κ3) is 3.79. The van der Waals surface area contributed by atoms with Gasteiger partial charge < -0.3 is 20.5 Å². The van der Waals surface area contributed by atoms with Gasteiger partial charge in [0.1, 0.15) is 6.04 Å². The van der Waals surface area contributed by atoms with Gasteiger partial charge in [-0.15, -0.1) is 0 Å². The van der Waals surface area contributed by atoms with Gasteiger partial charge in [-0.3, -0.25) is 9.59 Å². The summed E-state index contributed by atoms with van der Waals surface area (Å²) in [4.78, 5) is 22.9. The van der Waals surface area contributed by atoms with E-state index in [-0.39, 0.29) is 12.3 Å². The van der Waals surface area contributed by atoms with Gasteiger partial charge in [0.15, 0.2) is 0 Å². The minimum atomic E-state index is -0.773. The van der Waals surface area contributed by atoms with E-state index in [0.717, 1.165) is 5.56 Å². The van der Waals surface area contributed by atoms with E-state index in [1.807, 2.05) is 30.3 Å². The molecule has 2 rings (SSSR count). The van der Waals surface area contributed by atoms with Crippen LogP contribution in [0.25, 0.3) is 0 Å². The van der Waals surface area contributed by atoms with Gasteiger partial charge in [0.25, 0.3) is 0 Å². The Kier molecular flexibility index (Phi) is 4.70. The van der Waals surface area contributed by atoms with E-state index in [1.54, 1.807) is 6.92 Å². The smallest absolute Gasteiger partial charge is 0.310 e. The first-order valence-electron chi connectivity index (χ1n) is 6.47. The molecule has 20 heavy (non-hydrogen) atoms. The number of benzene rings is 1. The lowest BCUT2D eigenvalue weighted by atomic mass is 10.2. The summed E-state index contributed by atoms with van der Waals surface area (Å²) < 4.78 is 10.6. The number of hydrogen-bond acceptors (Lipinski definition) is 5. The molecular weight excluding hydrogens is 260 g/mol. The zero-order valence-electron chi connectivity index (χ0n) is 11.2. The first-order chi connectivity index (χ1) is 9.56. The minimum Gasteiger partial charge on any atom is -0.433 e. The number of nitrogens with one attached hydrogen (secondary N) is 1. The first kappa shape index (κ1) is 14.5. The molecule has 1 saturated heterocycles. The number of hydrogen-bond donors (Lipinski definition) is 2. The minimum absolute atomic E-state index is 0.0952. The van der Waals surface area contributed by atoms with Gasteiger partial charge in [-0.2, -0.15) is 0 Å². The van der Waals surface area contributed by atoms with Crippen molar-refractivity contribution in [2.75, 3.05) is 0 Å². The molecule has 1 aliphatic heterocycles. The van der Waals surface area contributed by atoms with Crippen molar-refractivity contribution in [3.8, 4) is 0 Å². The first-order valence-corrected chi connectivity index (χ1v) is 6.47. The van der Waals surface area contributed by atoms with Crippen molar-refractivity contribution in [2.45, 2.75) is 38.3 Å². The lowest BCUT2D eigenvalue weighted by Gasteiger charge is -2.20. The lowest BCUT2D eigenvalue weighted by Crippen LogP contribution is -2.47. The van der Waals surface area contributed by atoms with E-state index >= 15 is 0 Å². The maximum Gasteiger partial charge on any atom is 0.310 e. The Morgan fingerprint density at radius 1 is 1.50 bits per heavy atom. The van der Waals surface area contributed by atoms with E-state index in [0.29, 0.717) is 6.61 Å². The number of rotatable bonds is 5. The average Bonchev–Trinajstić information content (AvgIpc) is 2.77. The van der Waals surface area contributed by atoms with Crippen molar-refractivity contribution in [3.05, 3.63) is 35.9 Å². The van der Waals surface area contributed by atoms with Crippen LogP contribution in [0.15, 0.2) is 30.3 Å². The molecule has 3 N–H and O–H groups in total. The largest absolute Gasteiger partial charge is 0.433 e. The molecular formula is C14H18N2O4. The summed E-state index contributed by atoms with van der Waals surface area (Å²) in [6.45, 7) is 1.89. The Hall–Kier alpha value is -1.92. The summed E-state index contributed by atoms with van der Waals surface area (Å²) in [5.74, 6) is -0.723. The second-order valence-electron chi connectivity index (χ2n) is 4.76. The molecule has 1 amide bonds. The number of carbonyl (C=O) groups excluding carboxylic acids is 2. The maximum atomic E-state index is 11.6. The fourth-order valence-corrected chi connectivity index (χ4v) is 1.87. The van der Waals surface area contributed by atoms with Gasteiger partial charge in [0, 0.05) is 0 Å². The summed E-state index contributed by atoms with van der Waals surface area (Å²) in [5, 5.41) is 2.66. The SMILES string of the molecule is C[C@H](N)C(=O)NC1CC(=O)OC1OCc1ccccc1. The second kappa shape index (κ2) is 6.49. The molecule has 6 nitrogen and oxygen atoms in total. The summed E-state index contributed by atoms with van der Waals surface area (Å²) in [6, 6.07) is 8.39. The predicted octanol–water partition coefficient (Wildman–Crippen LogP) is 0.308. The number of ether oxygens (including phenoxy) is 2. The molecule has 0 bridgehead atoms. The quantitative estimate of drug-likeness (QED) is 0.756. The lowest BCUT2D eigenvalue weighted by molar-refractivity contribution is -0.168. The zero-order valence-corrected chi connectivity index (χ0v) is 11.2. The number of carbonyl (C=O) groups is 2. The van der Waals surface area contributed by atoms with E-state index in [9.17, 15) is 9.59 Å². The normalized spacial score (nSPS) is 23.2. The van der Waals surface area contributed by atoms with Crippen molar-refractivity contribution in [2.24, 2.45) is 5.73 Å². The Morgan fingerprint density at radius 2 is 2.20 bits per heavy atom. The molecule has 0 spiro atoms. The van der Waals surface area contributed by atoms with Crippen LogP contribution in [0.5, 0.6) is 0 Å². The molecule has 0 aliphatic carbocycles. The highest BCUT2D eigenvalue weighted by atomic mass is 16.7. The van der Waals surface area contributed by atoms with Crippen molar-refractivity contribution >= 4 is 11.9 Å². The van der Waals surface area contributed by atoms with Crippen molar-refractivity contribution in [3.63, 3.8) is 0 Å². The van der Waals surface area contributed by atoms with Crippen LogP contribution >= 0.6 is 0 Å². The highest BCUT2D eigenvalue weighted by Gasteiger charge is 2.37. The highest BCUT2D eigenvalue weighted by Crippen LogP contribution is 2.18. The molecule has 3 atom stereocenters. The Bertz CT molecular complexity index is 475. The van der Waals surface area contributed by atoms with Gasteiger partial charge >= 0.3 is 5.97 Å². The topological polar surface area (TPSA) is 90.7 Å². The van der Waals surface area contributed by atoms with Crippen LogP contribution in [0.1, 0.15) is 18.9 Å². The number of nitrogens with two attached hydrogens (primary N) is 1. The third-order valence-corrected chi connectivity index (χ3v) is 2.96. The Balaban J connectivity index is 1.91. The summed E-state index contributed by atoms with van der Waals surface area (Å²) in [6.07, 6.45) is -0.678. The van der Waals surface area contributed by atoms with E-state index in [2.05, 4.69) is 5.32 Å². The molecule has 1 heterocycles. The van der Waals surface area contributed by atoms with E-state index < -0.39 is 24.3 Å². The molecule has 108 valence electrons. The Morgan fingerprint density at radius 3 is 2.85 bits per heavy atom. The Labute approximate surface area is 117 Å². The highest BCUT2D eigenvalue weighted by molar-refractivity contribution is 5.82. The van der Waals surface area contributed by atoms with Gasteiger partial charge in [0.05, 0.1) is 19.1 Å². The number of amides is 1. The van der Waals surface area contributed by atoms with Crippen LogP contribution in [0.4, 0.5) is 0 Å². The molecule has 0 saturated carbocycles. The fourth-order valence-electron chi connectivity index (χ4n) is 1.87. The van der Waals surface area contributed by atoms with Crippen molar-refractivity contribution < 1.29 is 19.1 Å². The number of esters is 1. The molecule has 0 radical (unpaired) electrons. The zero-order chi connectivity index (χ0) is 14.5. The molecule has 1 aliphatic rings. The van der Waals surface area contributed by atoms with Crippen LogP contribution in [0, 0.1) is 0 Å². The van der Waals surface area contributed by atoms with Crippen LogP contribution in [0.2, 0.25) is 0 Å². The van der Waals surface area contributed by atoms with Gasteiger partial charge in [-0.25, -0.2) is 0 Å². The maximum absolute atomic E-state index is 11.6. The molecule has 1 fully saturated rings. The molecule has 6 heteroatoms. The monoisotopic (exact) mass is 278 g/mol. The van der Waals surface area contributed by atoms with Crippen LogP contribution < -0.4 is 11.1 Å². The fraction of sp³-hybridized carbons (Fsp3) is 0.429. The average molecular weight is 278 g/mol. The number of cyclic esters (lactones) is 1. The van der Waals surface area contributed by atoms with Gasteiger partial charge in [-0.05, 0) is 12.5 Å².